The second kappa shape index (κ2) is 7.74. The molecule has 142 valence electrons. The predicted molar refractivity (Wildman–Crippen MR) is 112 cm³/mol. The Morgan fingerprint density at radius 3 is 2.32 bits per heavy atom. The Labute approximate surface area is 166 Å². The number of thiophene rings is 1. The fourth-order valence-electron chi connectivity index (χ4n) is 2.94. The van der Waals surface area contributed by atoms with Gasteiger partial charge in [0.1, 0.15) is 5.82 Å². The van der Waals surface area contributed by atoms with Gasteiger partial charge in [0.25, 0.3) is 0 Å². The molecule has 0 atom stereocenters. The molecule has 0 amide bonds. The summed E-state index contributed by atoms with van der Waals surface area (Å²) in [6, 6.07) is 15.9. The van der Waals surface area contributed by atoms with Crippen molar-refractivity contribution < 1.29 is 14.2 Å². The van der Waals surface area contributed by atoms with Crippen molar-refractivity contribution in [2.75, 3.05) is 26.6 Å². The number of aromatic nitrogens is 2. The number of ether oxygens (including phenoxy) is 3. The third-order valence-electron chi connectivity index (χ3n) is 4.24. The molecule has 6 nitrogen and oxygen atoms in total. The summed E-state index contributed by atoms with van der Waals surface area (Å²) in [5.41, 5.74) is 0.774. The van der Waals surface area contributed by atoms with Gasteiger partial charge in [-0.25, -0.2) is 9.97 Å². The van der Waals surface area contributed by atoms with E-state index in [-0.39, 0.29) is 0 Å². The lowest BCUT2D eigenvalue weighted by molar-refractivity contribution is 0.324. The van der Waals surface area contributed by atoms with Crippen molar-refractivity contribution in [2.24, 2.45) is 0 Å². The summed E-state index contributed by atoms with van der Waals surface area (Å²) >= 11 is 1.67. The van der Waals surface area contributed by atoms with E-state index in [4.69, 9.17) is 14.2 Å². The second-order valence-electron chi connectivity index (χ2n) is 5.95. The number of rotatable bonds is 6. The summed E-state index contributed by atoms with van der Waals surface area (Å²) in [6.45, 7) is 0. The van der Waals surface area contributed by atoms with Gasteiger partial charge in [0.2, 0.25) is 5.75 Å². The number of benzene rings is 2. The second-order valence-corrected chi connectivity index (χ2v) is 7.04. The van der Waals surface area contributed by atoms with Crippen LogP contribution in [-0.2, 0) is 0 Å². The molecule has 7 heteroatoms. The molecule has 2 aromatic heterocycles. The average Bonchev–Trinajstić information content (AvgIpc) is 3.17. The van der Waals surface area contributed by atoms with Crippen molar-refractivity contribution in [1.82, 2.24) is 9.97 Å². The minimum absolute atomic E-state index is 0.546. The van der Waals surface area contributed by atoms with E-state index >= 15 is 0 Å². The van der Waals surface area contributed by atoms with E-state index in [2.05, 4.69) is 33.5 Å². The van der Waals surface area contributed by atoms with Gasteiger partial charge in [-0.1, -0.05) is 18.2 Å². The fourth-order valence-corrected chi connectivity index (χ4v) is 3.94. The average molecular weight is 393 g/mol. The predicted octanol–water partition coefficient (Wildman–Crippen LogP) is 5.13. The highest BCUT2D eigenvalue weighted by atomic mass is 32.1. The molecule has 0 saturated carbocycles. The topological polar surface area (TPSA) is 65.5 Å². The number of nitrogens with one attached hydrogen (secondary N) is 1. The Hall–Kier alpha value is -3.32. The van der Waals surface area contributed by atoms with Crippen LogP contribution >= 0.6 is 11.3 Å². The van der Waals surface area contributed by atoms with Crippen molar-refractivity contribution in [1.29, 1.82) is 0 Å². The Bertz CT molecular complexity index is 1070. The van der Waals surface area contributed by atoms with E-state index in [1.54, 1.807) is 38.9 Å². The van der Waals surface area contributed by atoms with Gasteiger partial charge in [-0.2, -0.15) is 0 Å². The molecule has 0 aliphatic heterocycles. The quantitative estimate of drug-likeness (QED) is 0.490. The Morgan fingerprint density at radius 1 is 0.893 bits per heavy atom. The molecule has 0 saturated heterocycles. The van der Waals surface area contributed by atoms with Gasteiger partial charge < -0.3 is 19.5 Å². The van der Waals surface area contributed by atoms with Gasteiger partial charge in [0.15, 0.2) is 17.3 Å². The van der Waals surface area contributed by atoms with Crippen LogP contribution in [0.5, 0.6) is 17.2 Å². The molecule has 0 spiro atoms. The van der Waals surface area contributed by atoms with Crippen LogP contribution in [0.3, 0.4) is 0 Å². The van der Waals surface area contributed by atoms with Gasteiger partial charge in [0.05, 0.1) is 26.2 Å². The molecule has 1 N–H and O–H groups in total. The highest BCUT2D eigenvalue weighted by molar-refractivity contribution is 7.22. The molecule has 0 aliphatic carbocycles. The maximum absolute atomic E-state index is 5.41. The number of hydrogen-bond acceptors (Lipinski definition) is 7. The first-order valence-corrected chi connectivity index (χ1v) is 9.42. The van der Waals surface area contributed by atoms with E-state index < -0.39 is 0 Å². The van der Waals surface area contributed by atoms with Crippen molar-refractivity contribution in [2.45, 2.75) is 0 Å². The van der Waals surface area contributed by atoms with Crippen LogP contribution in [0.2, 0.25) is 0 Å². The lowest BCUT2D eigenvalue weighted by Gasteiger charge is -2.15. The summed E-state index contributed by atoms with van der Waals surface area (Å²) in [5.74, 6) is 3.05. The number of fused-ring (bicyclic) bond motifs is 1. The Balaban J connectivity index is 1.67. The number of hydrogen-bond donors (Lipinski definition) is 1. The van der Waals surface area contributed by atoms with Crippen molar-refractivity contribution in [3.05, 3.63) is 54.7 Å². The zero-order chi connectivity index (χ0) is 19.5. The zero-order valence-corrected chi connectivity index (χ0v) is 16.5. The lowest BCUT2D eigenvalue weighted by atomic mass is 10.2. The first kappa shape index (κ1) is 18.1. The number of nitrogens with zero attached hydrogens (tertiary/aromatic N) is 2. The minimum Gasteiger partial charge on any atom is -0.493 e. The number of methoxy groups -OCH3 is 3. The van der Waals surface area contributed by atoms with Crippen LogP contribution < -0.4 is 19.5 Å². The van der Waals surface area contributed by atoms with Crippen LogP contribution in [0.15, 0.2) is 54.7 Å². The molecule has 2 aromatic carbocycles. The molecular formula is C21H19N3O3S. The largest absolute Gasteiger partial charge is 0.493 e. The molecule has 0 fully saturated rings. The van der Waals surface area contributed by atoms with Crippen LogP contribution in [0.1, 0.15) is 0 Å². The van der Waals surface area contributed by atoms with Crippen molar-refractivity contribution in [3.8, 4) is 28.0 Å². The maximum Gasteiger partial charge on any atom is 0.203 e. The summed E-state index contributed by atoms with van der Waals surface area (Å²) in [7, 11) is 4.76. The molecule has 4 aromatic rings. The van der Waals surface area contributed by atoms with Crippen molar-refractivity contribution in [3.63, 3.8) is 0 Å². The van der Waals surface area contributed by atoms with E-state index in [0.29, 0.717) is 28.9 Å². The summed E-state index contributed by atoms with van der Waals surface area (Å²) < 4.78 is 17.4. The molecule has 0 unspecified atom stereocenters. The first-order valence-electron chi connectivity index (χ1n) is 8.61. The lowest BCUT2D eigenvalue weighted by Crippen LogP contribution is -1.99. The van der Waals surface area contributed by atoms with E-state index in [9.17, 15) is 0 Å². The third kappa shape index (κ3) is 3.44. The zero-order valence-electron chi connectivity index (χ0n) is 15.7. The normalized spacial score (nSPS) is 10.7. The monoisotopic (exact) mass is 393 g/mol. The van der Waals surface area contributed by atoms with Gasteiger partial charge in [-0.3, -0.25) is 0 Å². The van der Waals surface area contributed by atoms with E-state index in [1.165, 1.54) is 10.1 Å². The molecule has 0 radical (unpaired) electrons. The highest BCUT2D eigenvalue weighted by Crippen LogP contribution is 2.40. The van der Waals surface area contributed by atoms with Gasteiger partial charge >= 0.3 is 0 Å². The summed E-state index contributed by atoms with van der Waals surface area (Å²) in [6.07, 6.45) is 1.74. The van der Waals surface area contributed by atoms with Gasteiger partial charge in [0, 0.05) is 28.7 Å². The van der Waals surface area contributed by atoms with Crippen LogP contribution in [0, 0.1) is 0 Å². The van der Waals surface area contributed by atoms with Crippen molar-refractivity contribution >= 4 is 32.9 Å². The SMILES string of the molecule is COc1cc(Nc2ccnc(-c3cc4ccccc4s3)n2)cc(OC)c1OC. The minimum atomic E-state index is 0.546. The maximum atomic E-state index is 5.41. The van der Waals surface area contributed by atoms with Gasteiger partial charge in [-0.15, -0.1) is 11.3 Å². The van der Waals surface area contributed by atoms with Crippen LogP contribution in [-0.4, -0.2) is 31.3 Å². The number of anilines is 2. The van der Waals surface area contributed by atoms with Crippen LogP contribution in [0.25, 0.3) is 20.8 Å². The fraction of sp³-hybridized carbons (Fsp3) is 0.143. The van der Waals surface area contributed by atoms with E-state index in [1.807, 2.05) is 30.3 Å². The third-order valence-corrected chi connectivity index (χ3v) is 5.35. The summed E-state index contributed by atoms with van der Waals surface area (Å²) in [4.78, 5) is 10.1. The van der Waals surface area contributed by atoms with E-state index in [0.717, 1.165) is 10.6 Å². The molecule has 0 bridgehead atoms. The molecular weight excluding hydrogens is 374 g/mol. The molecule has 4 rings (SSSR count). The Morgan fingerprint density at radius 2 is 1.64 bits per heavy atom. The molecule has 0 aliphatic rings. The standard InChI is InChI=1S/C21H19N3O3S/c1-25-15-11-14(12-16(26-2)20(15)27-3)23-19-8-9-22-21(24-19)18-10-13-6-4-5-7-17(13)28-18/h4-12H,1-3H3,(H,22,23,24). The highest BCUT2D eigenvalue weighted by Gasteiger charge is 2.14. The molecule has 2 heterocycles. The van der Waals surface area contributed by atoms with Gasteiger partial charge in [-0.05, 0) is 23.6 Å². The molecule has 28 heavy (non-hydrogen) atoms. The van der Waals surface area contributed by atoms with Crippen LogP contribution in [0.4, 0.5) is 11.5 Å². The smallest absolute Gasteiger partial charge is 0.203 e. The first-order chi connectivity index (χ1) is 13.7. The Kier molecular flexibility index (Phi) is 4.99. The summed E-state index contributed by atoms with van der Waals surface area (Å²) in [5, 5.41) is 4.48.